The van der Waals surface area contributed by atoms with Crippen molar-refractivity contribution >= 4 is 17.5 Å². The lowest BCUT2D eigenvalue weighted by molar-refractivity contribution is -0.119. The van der Waals surface area contributed by atoms with Gasteiger partial charge in [0, 0.05) is 6.20 Å². The van der Waals surface area contributed by atoms with Gasteiger partial charge in [-0.1, -0.05) is 6.07 Å². The van der Waals surface area contributed by atoms with E-state index >= 15 is 0 Å². The first kappa shape index (κ1) is 14.4. The number of nitrogens with one attached hydrogen (secondary N) is 1. The highest BCUT2D eigenvalue weighted by molar-refractivity contribution is 5.76. The van der Waals surface area contributed by atoms with Crippen LogP contribution >= 0.6 is 0 Å². The summed E-state index contributed by atoms with van der Waals surface area (Å²) in [6.45, 7) is 1.11. The van der Waals surface area contributed by atoms with Crippen molar-refractivity contribution in [3.8, 4) is 0 Å². The molecule has 2 aromatic heterocycles. The van der Waals surface area contributed by atoms with Crippen LogP contribution in [0.15, 0.2) is 36.8 Å². The van der Waals surface area contributed by atoms with Gasteiger partial charge in [-0.15, -0.1) is 0 Å². The molecular formula is C15H18N6O. The van der Waals surface area contributed by atoms with E-state index in [2.05, 4.69) is 25.2 Å². The highest BCUT2D eigenvalue weighted by atomic mass is 16.1. The number of hydrogen-bond acceptors (Lipinski definition) is 6. The lowest BCUT2D eigenvalue weighted by atomic mass is 10.1. The number of primary amides is 1. The first-order valence-corrected chi connectivity index (χ1v) is 7.25. The molecule has 0 aliphatic carbocycles. The zero-order chi connectivity index (χ0) is 15.4. The zero-order valence-corrected chi connectivity index (χ0v) is 12.1. The molecule has 3 heterocycles. The van der Waals surface area contributed by atoms with E-state index in [-0.39, 0.29) is 18.5 Å². The van der Waals surface area contributed by atoms with Gasteiger partial charge in [0.2, 0.25) is 5.91 Å². The van der Waals surface area contributed by atoms with Crippen molar-refractivity contribution in [1.82, 2.24) is 19.9 Å². The molecule has 1 aliphatic rings. The van der Waals surface area contributed by atoms with E-state index < -0.39 is 0 Å². The monoisotopic (exact) mass is 298 g/mol. The lowest BCUT2D eigenvalue weighted by Gasteiger charge is -2.22. The van der Waals surface area contributed by atoms with Crippen molar-refractivity contribution in [3.63, 3.8) is 0 Å². The van der Waals surface area contributed by atoms with Gasteiger partial charge in [-0.2, -0.15) is 0 Å². The summed E-state index contributed by atoms with van der Waals surface area (Å²) in [5, 5.41) is 3.13. The summed E-state index contributed by atoms with van der Waals surface area (Å²) in [6, 6.07) is 5.71. The molecule has 1 amide bonds. The Labute approximate surface area is 128 Å². The fourth-order valence-electron chi connectivity index (χ4n) is 2.72. The van der Waals surface area contributed by atoms with Gasteiger partial charge in [0.15, 0.2) is 0 Å². The maximum absolute atomic E-state index is 11.2. The second-order valence-corrected chi connectivity index (χ2v) is 5.26. The van der Waals surface area contributed by atoms with Crippen LogP contribution < -0.4 is 11.1 Å². The smallest absolute Gasteiger partial charge is 0.231 e. The van der Waals surface area contributed by atoms with E-state index in [9.17, 15) is 4.79 Å². The summed E-state index contributed by atoms with van der Waals surface area (Å²) >= 11 is 0. The second-order valence-electron chi connectivity index (χ2n) is 5.26. The standard InChI is InChI=1S/C15H18N6O/c16-13(22)10-21-7-3-4-12(21)11-8-17-9-15(19-11)20-14-5-1-2-6-18-14/h1-2,5-6,8-9,12H,3-4,7,10H2,(H2,16,22)(H,18,19,20)/t12-/m0/s1. The second kappa shape index (κ2) is 6.48. The molecule has 0 radical (unpaired) electrons. The van der Waals surface area contributed by atoms with E-state index in [1.54, 1.807) is 18.6 Å². The van der Waals surface area contributed by atoms with Crippen molar-refractivity contribution < 1.29 is 4.79 Å². The fourth-order valence-corrected chi connectivity index (χ4v) is 2.72. The number of likely N-dealkylation sites (tertiary alicyclic amines) is 1. The molecule has 0 aromatic carbocycles. The summed E-state index contributed by atoms with van der Waals surface area (Å²) < 4.78 is 0. The molecule has 0 spiro atoms. The Morgan fingerprint density at radius 1 is 1.36 bits per heavy atom. The first-order chi connectivity index (χ1) is 10.7. The number of pyridine rings is 1. The van der Waals surface area contributed by atoms with Gasteiger partial charge in [0.05, 0.1) is 30.7 Å². The van der Waals surface area contributed by atoms with Gasteiger partial charge >= 0.3 is 0 Å². The minimum absolute atomic E-state index is 0.0884. The maximum atomic E-state index is 11.2. The Morgan fingerprint density at radius 2 is 2.27 bits per heavy atom. The van der Waals surface area contributed by atoms with Crippen molar-refractivity contribution in [2.45, 2.75) is 18.9 Å². The summed E-state index contributed by atoms with van der Waals surface area (Å²) in [5.74, 6) is 1.04. The molecule has 0 saturated carbocycles. The number of rotatable bonds is 5. The van der Waals surface area contributed by atoms with Crippen molar-refractivity contribution in [3.05, 3.63) is 42.5 Å². The zero-order valence-electron chi connectivity index (χ0n) is 12.1. The third-order valence-corrected chi connectivity index (χ3v) is 3.64. The van der Waals surface area contributed by atoms with Crippen LogP contribution in [0.5, 0.6) is 0 Å². The summed E-state index contributed by atoms with van der Waals surface area (Å²) in [7, 11) is 0. The quantitative estimate of drug-likeness (QED) is 0.862. The number of anilines is 2. The lowest BCUT2D eigenvalue weighted by Crippen LogP contribution is -2.33. The highest BCUT2D eigenvalue weighted by Crippen LogP contribution is 2.30. The highest BCUT2D eigenvalue weighted by Gasteiger charge is 2.28. The van der Waals surface area contributed by atoms with Crippen molar-refractivity contribution in [1.29, 1.82) is 0 Å². The Hall–Kier alpha value is -2.54. The average Bonchev–Trinajstić information content (AvgIpc) is 2.96. The van der Waals surface area contributed by atoms with Crippen LogP contribution in [0.4, 0.5) is 11.6 Å². The largest absolute Gasteiger partial charge is 0.369 e. The SMILES string of the molecule is NC(=O)CN1CCC[C@H]1c1cncc(Nc2ccccn2)n1. The fraction of sp³-hybridized carbons (Fsp3) is 0.333. The summed E-state index contributed by atoms with van der Waals surface area (Å²) in [5.41, 5.74) is 6.15. The van der Waals surface area contributed by atoms with Crippen LogP contribution in [-0.4, -0.2) is 38.8 Å². The third kappa shape index (κ3) is 3.37. The van der Waals surface area contributed by atoms with Crippen molar-refractivity contribution in [2.24, 2.45) is 5.73 Å². The molecule has 7 heteroatoms. The van der Waals surface area contributed by atoms with E-state index in [1.807, 2.05) is 18.2 Å². The number of carbonyl (C=O) groups is 1. The molecule has 2 aromatic rings. The normalized spacial score (nSPS) is 18.3. The minimum atomic E-state index is -0.317. The Kier molecular flexibility index (Phi) is 4.24. The van der Waals surface area contributed by atoms with Gasteiger partial charge in [-0.25, -0.2) is 9.97 Å². The molecule has 1 saturated heterocycles. The number of nitrogens with two attached hydrogens (primary N) is 1. The third-order valence-electron chi connectivity index (χ3n) is 3.64. The van der Waals surface area contributed by atoms with Crippen LogP contribution in [0.25, 0.3) is 0 Å². The maximum Gasteiger partial charge on any atom is 0.231 e. The van der Waals surface area contributed by atoms with Crippen LogP contribution in [0.1, 0.15) is 24.6 Å². The predicted molar refractivity (Wildman–Crippen MR) is 82.3 cm³/mol. The summed E-state index contributed by atoms with van der Waals surface area (Å²) in [6.07, 6.45) is 7.09. The number of aromatic nitrogens is 3. The number of carbonyl (C=O) groups excluding carboxylic acids is 1. The molecule has 114 valence electrons. The molecule has 22 heavy (non-hydrogen) atoms. The molecule has 0 bridgehead atoms. The van der Waals surface area contributed by atoms with Gasteiger partial charge < -0.3 is 11.1 Å². The number of nitrogens with zero attached hydrogens (tertiary/aromatic N) is 4. The molecule has 0 unspecified atom stereocenters. The Bertz CT molecular complexity index is 647. The van der Waals surface area contributed by atoms with Crippen molar-refractivity contribution in [2.75, 3.05) is 18.4 Å². The molecule has 1 aliphatic heterocycles. The van der Waals surface area contributed by atoms with Crippen LogP contribution in [0.3, 0.4) is 0 Å². The molecular weight excluding hydrogens is 280 g/mol. The molecule has 1 atom stereocenters. The molecule has 3 N–H and O–H groups in total. The van der Waals surface area contributed by atoms with E-state index in [4.69, 9.17) is 5.73 Å². The minimum Gasteiger partial charge on any atom is -0.369 e. The van der Waals surface area contributed by atoms with Gasteiger partial charge in [0.1, 0.15) is 11.6 Å². The van der Waals surface area contributed by atoms with Crippen LogP contribution in [-0.2, 0) is 4.79 Å². The van der Waals surface area contributed by atoms with Crippen LogP contribution in [0, 0.1) is 0 Å². The Balaban J connectivity index is 1.77. The van der Waals surface area contributed by atoms with Gasteiger partial charge in [-0.3, -0.25) is 14.7 Å². The molecule has 3 rings (SSSR count). The predicted octanol–water partition coefficient (Wildman–Crippen LogP) is 1.24. The Morgan fingerprint density at radius 3 is 3.05 bits per heavy atom. The van der Waals surface area contributed by atoms with Gasteiger partial charge in [0.25, 0.3) is 0 Å². The van der Waals surface area contributed by atoms with E-state index in [0.29, 0.717) is 5.82 Å². The molecule has 1 fully saturated rings. The number of amides is 1. The van der Waals surface area contributed by atoms with E-state index in [0.717, 1.165) is 30.9 Å². The topological polar surface area (TPSA) is 97.0 Å². The summed E-state index contributed by atoms with van der Waals surface area (Å²) in [4.78, 5) is 26.3. The first-order valence-electron chi connectivity index (χ1n) is 7.25. The number of hydrogen-bond donors (Lipinski definition) is 2. The molecule has 7 nitrogen and oxygen atoms in total. The van der Waals surface area contributed by atoms with Crippen LogP contribution in [0.2, 0.25) is 0 Å². The average molecular weight is 298 g/mol. The van der Waals surface area contributed by atoms with E-state index in [1.165, 1.54) is 0 Å². The van der Waals surface area contributed by atoms with Gasteiger partial charge in [-0.05, 0) is 31.5 Å².